The molecular weight excluding hydrogens is 1620 g/mol. The second-order valence-corrected chi connectivity index (χ2v) is 26.3. The van der Waals surface area contributed by atoms with Crippen LogP contribution in [-0.2, 0) is 129 Å². The summed E-state index contributed by atoms with van der Waals surface area (Å²) >= 11 is 12.8. The Kier molecular flexibility index (Phi) is 60.3. The molecule has 5 aliphatic rings. The molecule has 0 bridgehead atoms. The molecule has 0 amide bonds. The maximum Gasteiger partial charge on any atom is 0.394 e. The first-order valence-corrected chi connectivity index (χ1v) is 36.5. The molecule has 5 rings (SSSR count). The second-order valence-electron chi connectivity index (χ2n) is 23.8. The van der Waals surface area contributed by atoms with Gasteiger partial charge in [-0.25, -0.2) is 0 Å². The van der Waals surface area contributed by atoms with Gasteiger partial charge in [-0.3, -0.25) is 52.3 Å². The second kappa shape index (κ2) is 59.9. The Morgan fingerprint density at radius 2 is 0.700 bits per heavy atom. The van der Waals surface area contributed by atoms with Crippen molar-refractivity contribution in [2.75, 3.05) is 76.6 Å². The molecule has 44 nitrogen and oxygen atoms in total. The molecule has 5 heterocycles. The highest BCUT2D eigenvalue weighted by Crippen LogP contribution is 2.37. The van der Waals surface area contributed by atoms with Crippen molar-refractivity contribution in [2.24, 2.45) is 45.7 Å². The molecule has 0 aromatic heterocycles. The van der Waals surface area contributed by atoms with E-state index in [-0.39, 0.29) is 119 Å². The topological polar surface area (TPSA) is 656 Å². The molecule has 0 spiro atoms. The predicted octanol–water partition coefficient (Wildman–Crippen LogP) is 1.13. The van der Waals surface area contributed by atoms with E-state index in [0.717, 1.165) is 0 Å². The molecule has 5 fully saturated rings. The molecule has 11 N–H and O–H groups in total. The molecule has 0 aromatic carbocycles. The van der Waals surface area contributed by atoms with Gasteiger partial charge in [0.25, 0.3) is 0 Å². The number of azide groups is 2. The van der Waals surface area contributed by atoms with Gasteiger partial charge in [0.15, 0.2) is 43.5 Å². The summed E-state index contributed by atoms with van der Waals surface area (Å²) in [5.41, 5.74) is 16.3. The number of carbonyl (C=O) groups excluding carboxylic acids is 9. The molecule has 0 saturated carbocycles. The zero-order valence-corrected chi connectivity index (χ0v) is 66.5. The quantitative estimate of drug-likeness (QED) is 0.00786. The number of hydrogen-bond donors (Lipinski definition) is 11. The standard InChI is InChI=1S/C14H23BrO6.C14H23N3O6.C14H22O7.C8H15N3O6.C6H12O6.C4H6O3.CH2Cl2.CH4.H2O4S/c1-8-9(2)13(20-11(4)17)14(18-6-5-15)21-12(8)7-19-10(3)16;1-8-9(2)13(22-11(4)19)14(20-6-5-16-17-15)23-12(8)7-21-10(3)18;1-7-8(2)13(19-10(4)16)14(20-11(5)17)21-12(7)6-18-9(3)15;9-11-10-1-2-16-8-7(15)6(14)5(13)4(3-12)17-8;7-1-2-3(8)4(9)5(10)6(11)12-2;1-3(5)7-4(2)6;2-1-3;;1-5(2,3)4/h8-9,12-14H,5-7H2,1-4H3;8-9,12-14H,5-7H2,1-4H3;7-8,12-14H,6H2,1-5H3;4-8,12-15H,1-3H2;2-11H,1H2;1-2H3;1H2;1H4;(H2,1,2,3,4). The Balaban J connectivity index is -0.000000613. The van der Waals surface area contributed by atoms with Crippen molar-refractivity contribution in [3.8, 4) is 0 Å². The summed E-state index contributed by atoms with van der Waals surface area (Å²) in [4.78, 5) is 103. The van der Waals surface area contributed by atoms with E-state index < -0.39 is 170 Å². The lowest BCUT2D eigenvalue weighted by molar-refractivity contribution is -0.300. The summed E-state index contributed by atoms with van der Waals surface area (Å²) in [6.45, 7) is 23.2. The predicted molar refractivity (Wildman–Crippen MR) is 379 cm³/mol. The largest absolute Gasteiger partial charge is 0.463 e. The molecule has 25 unspecified atom stereocenters. The Morgan fingerprint density at radius 1 is 0.418 bits per heavy atom. The van der Waals surface area contributed by atoms with Crippen LogP contribution in [0, 0.1) is 35.5 Å². The number of aliphatic hydroxyl groups excluding tert-OH is 9. The SMILES string of the molecule is C.CC(=O)OC(C)=O.CC(=O)OCC1OC(OC(C)=O)C(OC(C)=O)C(C)C1C.CC(=O)OCC1OC(OCCBr)C(OC(C)=O)C(C)C1C.CC(=O)OCC1OC(OCCN=[N+]=[N-])C(OC(C)=O)C(C)C1C.ClCCl.O=S(=O)(O)O.OCC1OC(O)C(O)C(O)C1O.[N-]=[N+]=NCCOC1OC(CO)C(O)C(O)C1O. The zero-order chi connectivity index (χ0) is 84.8. The van der Waals surface area contributed by atoms with Crippen LogP contribution in [0.15, 0.2) is 10.2 Å². The van der Waals surface area contributed by atoms with Gasteiger partial charge < -0.3 is 122 Å². The number of carbonyl (C=O) groups is 9. The first-order valence-electron chi connectivity index (χ1n) is 33.0. The average molecular weight is 1730 g/mol. The zero-order valence-electron chi connectivity index (χ0n) is 62.6. The maximum atomic E-state index is 11.3. The number of esters is 9. The first-order chi connectivity index (χ1) is 50.7. The highest BCUT2D eigenvalue weighted by Gasteiger charge is 2.49. The first kappa shape index (κ1) is 111. The fraction of sp³-hybridized carbons (Fsp3) is 0.855. The Hall–Kier alpha value is -5.70. The van der Waals surface area contributed by atoms with Crippen LogP contribution in [0.3, 0.4) is 0 Å². The summed E-state index contributed by atoms with van der Waals surface area (Å²) in [7, 11) is -4.67. The maximum absolute atomic E-state index is 11.3. The van der Waals surface area contributed by atoms with E-state index in [9.17, 15) is 58.5 Å². The van der Waals surface area contributed by atoms with Gasteiger partial charge in [-0.15, -0.1) is 23.2 Å². The van der Waals surface area contributed by atoms with E-state index in [4.69, 9.17) is 149 Å². The van der Waals surface area contributed by atoms with Crippen molar-refractivity contribution in [1.29, 1.82) is 0 Å². The van der Waals surface area contributed by atoms with Crippen molar-refractivity contribution < 1.29 is 182 Å². The summed E-state index contributed by atoms with van der Waals surface area (Å²) in [6, 6.07) is 0. The van der Waals surface area contributed by atoms with Gasteiger partial charge in [0, 0.05) is 108 Å². The summed E-state index contributed by atoms with van der Waals surface area (Å²) in [5, 5.41) is 89.4. The minimum Gasteiger partial charge on any atom is -0.463 e. The van der Waals surface area contributed by atoms with Crippen molar-refractivity contribution >= 4 is 103 Å². The van der Waals surface area contributed by atoms with Gasteiger partial charge in [0.2, 0.25) is 6.29 Å². The van der Waals surface area contributed by atoms with Crippen LogP contribution in [0.4, 0.5) is 0 Å². The molecule has 642 valence electrons. The Bertz CT molecular complexity index is 2890. The van der Waals surface area contributed by atoms with Crippen molar-refractivity contribution in [3.05, 3.63) is 20.9 Å². The molecule has 0 radical (unpaired) electrons. The lowest BCUT2D eigenvalue weighted by atomic mass is 9.83. The van der Waals surface area contributed by atoms with Crippen molar-refractivity contribution in [3.63, 3.8) is 0 Å². The number of nitrogens with zero attached hydrogens (tertiary/aromatic N) is 6. The minimum atomic E-state index is -4.67. The van der Waals surface area contributed by atoms with E-state index in [1.165, 1.54) is 62.3 Å². The molecule has 110 heavy (non-hydrogen) atoms. The van der Waals surface area contributed by atoms with Gasteiger partial charge in [0.05, 0.1) is 56.7 Å². The number of alkyl halides is 3. The molecule has 0 aliphatic carbocycles. The van der Waals surface area contributed by atoms with E-state index >= 15 is 0 Å². The Labute approximate surface area is 654 Å². The summed E-state index contributed by atoms with van der Waals surface area (Å²) in [5.74, 6) is -4.21. The average Bonchev–Trinajstić information content (AvgIpc) is 0.822. The van der Waals surface area contributed by atoms with E-state index in [2.05, 4.69) is 45.5 Å². The highest BCUT2D eigenvalue weighted by molar-refractivity contribution is 9.09. The molecular formula is C62H109BrCl2N6O38S. The van der Waals surface area contributed by atoms with Gasteiger partial charge in [-0.2, -0.15) is 8.42 Å². The van der Waals surface area contributed by atoms with Crippen LogP contribution < -0.4 is 0 Å². The lowest BCUT2D eigenvalue weighted by Crippen LogP contribution is -2.59. The molecule has 25 atom stereocenters. The third-order valence-corrected chi connectivity index (χ3v) is 15.8. The van der Waals surface area contributed by atoms with Gasteiger partial charge in [0.1, 0.15) is 68.7 Å². The number of rotatable bonds is 23. The number of hydrogen-bond acceptors (Lipinski definition) is 38. The van der Waals surface area contributed by atoms with Gasteiger partial charge in [-0.05, 0) is 28.8 Å². The fourth-order valence-corrected chi connectivity index (χ4v) is 9.89. The summed E-state index contributed by atoms with van der Waals surface area (Å²) in [6.07, 6.45) is -18.8. The van der Waals surface area contributed by atoms with Crippen LogP contribution in [0.5, 0.6) is 0 Å². The van der Waals surface area contributed by atoms with Crippen LogP contribution in [0.25, 0.3) is 20.9 Å². The molecule has 5 aliphatic heterocycles. The number of ether oxygens (including phenoxy) is 16. The van der Waals surface area contributed by atoms with Gasteiger partial charge >= 0.3 is 64.1 Å². The van der Waals surface area contributed by atoms with Crippen molar-refractivity contribution in [2.45, 2.75) is 228 Å². The number of halogens is 3. The van der Waals surface area contributed by atoms with Crippen molar-refractivity contribution in [1.82, 2.24) is 0 Å². The lowest BCUT2D eigenvalue weighted by Gasteiger charge is -2.43. The Morgan fingerprint density at radius 3 is 0.982 bits per heavy atom. The third-order valence-electron chi connectivity index (χ3n) is 15.5. The summed E-state index contributed by atoms with van der Waals surface area (Å²) < 4.78 is 115. The minimum absolute atomic E-state index is 0. The van der Waals surface area contributed by atoms with Gasteiger partial charge in [-0.1, -0.05) is 75.1 Å². The highest BCUT2D eigenvalue weighted by atomic mass is 79.9. The van der Waals surface area contributed by atoms with E-state index in [0.29, 0.717) is 11.9 Å². The monoisotopic (exact) mass is 1730 g/mol. The molecule has 5 saturated heterocycles. The van der Waals surface area contributed by atoms with Crippen LogP contribution >= 0.6 is 39.1 Å². The number of aliphatic hydroxyl groups is 9. The molecule has 48 heteroatoms. The van der Waals surface area contributed by atoms with E-state index in [1.807, 2.05) is 41.5 Å². The van der Waals surface area contributed by atoms with E-state index in [1.54, 1.807) is 0 Å². The smallest absolute Gasteiger partial charge is 0.394 e. The fourth-order valence-electron chi connectivity index (χ4n) is 9.70. The normalized spacial score (nSPS) is 31.0. The van der Waals surface area contributed by atoms with Crippen LogP contribution in [0.2, 0.25) is 0 Å². The molecule has 0 aromatic rings. The van der Waals surface area contributed by atoms with Crippen LogP contribution in [0.1, 0.15) is 111 Å². The third kappa shape index (κ3) is 47.1. The van der Waals surface area contributed by atoms with Crippen LogP contribution in [-0.4, -0.2) is 311 Å².